The molecule has 1 saturated heterocycles. The van der Waals surface area contributed by atoms with E-state index in [1.54, 1.807) is 7.05 Å². The van der Waals surface area contributed by atoms with E-state index in [4.69, 9.17) is 9.90 Å². The number of carbonyl (C=O) groups excluding carboxylic acids is 3. The first-order valence-electron chi connectivity index (χ1n) is 5.86. The monoisotopic (exact) mass is 291 g/mol. The Morgan fingerprint density at radius 3 is 1.85 bits per heavy atom. The number of ether oxygens (including phenoxy) is 1. The van der Waals surface area contributed by atoms with Crippen LogP contribution in [0.25, 0.3) is 0 Å². The lowest BCUT2D eigenvalue weighted by Crippen LogP contribution is -2.47. The highest BCUT2D eigenvalue weighted by Gasteiger charge is 2.30. The van der Waals surface area contributed by atoms with Crippen molar-refractivity contribution in [1.82, 2.24) is 4.90 Å². The largest absolute Gasteiger partial charge is 0.480 e. The standard InChI is InChI=1S/C7H13NO3.C4H6O3.CH2O/c1-8-5(7(10)11)3-2-4-6(8)9;1-3(5)7-4(2)6;1-2/h5-6,9H,2-4H2,1H3,(H,10,11);1-2H3;1H2. The van der Waals surface area contributed by atoms with Gasteiger partial charge in [0.15, 0.2) is 0 Å². The van der Waals surface area contributed by atoms with Crippen molar-refractivity contribution in [2.75, 3.05) is 7.05 Å². The molecule has 0 aromatic carbocycles. The number of aliphatic hydroxyl groups is 1. The van der Waals surface area contributed by atoms with Gasteiger partial charge in [-0.05, 0) is 26.3 Å². The minimum absolute atomic E-state index is 0.501. The highest BCUT2D eigenvalue weighted by atomic mass is 16.6. The molecule has 116 valence electrons. The molecule has 1 rings (SSSR count). The Kier molecular flexibility index (Phi) is 11.3. The van der Waals surface area contributed by atoms with Crippen LogP contribution in [0, 0.1) is 0 Å². The summed E-state index contributed by atoms with van der Waals surface area (Å²) >= 11 is 0. The average molecular weight is 291 g/mol. The molecule has 20 heavy (non-hydrogen) atoms. The topological polar surface area (TPSA) is 121 Å². The van der Waals surface area contributed by atoms with Crippen molar-refractivity contribution >= 4 is 24.7 Å². The van der Waals surface area contributed by atoms with E-state index in [1.165, 1.54) is 18.7 Å². The van der Waals surface area contributed by atoms with E-state index in [0.717, 1.165) is 6.42 Å². The van der Waals surface area contributed by atoms with Crippen LogP contribution in [0.15, 0.2) is 0 Å². The lowest BCUT2D eigenvalue weighted by molar-refractivity contribution is -0.156. The fourth-order valence-corrected chi connectivity index (χ4v) is 1.61. The lowest BCUT2D eigenvalue weighted by atomic mass is 10.0. The van der Waals surface area contributed by atoms with Gasteiger partial charge >= 0.3 is 17.9 Å². The number of carboxylic acid groups (broad SMARTS) is 1. The number of nitrogens with zero attached hydrogens (tertiary/aromatic N) is 1. The van der Waals surface area contributed by atoms with Crippen molar-refractivity contribution in [1.29, 1.82) is 0 Å². The fourth-order valence-electron chi connectivity index (χ4n) is 1.61. The van der Waals surface area contributed by atoms with Gasteiger partial charge in [0.25, 0.3) is 0 Å². The number of hydrogen-bond donors (Lipinski definition) is 2. The van der Waals surface area contributed by atoms with Gasteiger partial charge < -0.3 is 19.7 Å². The molecule has 0 bridgehead atoms. The summed E-state index contributed by atoms with van der Waals surface area (Å²) in [5.74, 6) is -1.97. The van der Waals surface area contributed by atoms with Gasteiger partial charge in [-0.2, -0.15) is 0 Å². The van der Waals surface area contributed by atoms with Crippen molar-refractivity contribution in [3.05, 3.63) is 0 Å². The van der Waals surface area contributed by atoms with Crippen LogP contribution in [-0.2, 0) is 23.9 Å². The number of aliphatic carboxylic acids is 1. The van der Waals surface area contributed by atoms with Crippen LogP contribution in [0.1, 0.15) is 33.1 Å². The maximum Gasteiger partial charge on any atom is 0.320 e. The van der Waals surface area contributed by atoms with E-state index in [2.05, 4.69) is 4.74 Å². The Bertz CT molecular complexity index is 320. The molecule has 0 amide bonds. The molecule has 0 radical (unpaired) electrons. The maximum atomic E-state index is 10.6. The minimum Gasteiger partial charge on any atom is -0.480 e. The number of hydrogen-bond acceptors (Lipinski definition) is 7. The highest BCUT2D eigenvalue weighted by molar-refractivity contribution is 5.82. The SMILES string of the molecule is C=O.CC(=O)OC(C)=O.CN1C(O)CCCC1C(=O)O. The summed E-state index contributed by atoms with van der Waals surface area (Å²) in [5.41, 5.74) is 0. The van der Waals surface area contributed by atoms with Crippen molar-refractivity contribution in [2.45, 2.75) is 45.4 Å². The number of piperidine rings is 1. The zero-order valence-electron chi connectivity index (χ0n) is 11.9. The number of esters is 2. The first-order valence-corrected chi connectivity index (χ1v) is 5.86. The molecule has 0 aromatic heterocycles. The van der Waals surface area contributed by atoms with Crippen molar-refractivity contribution in [3.8, 4) is 0 Å². The summed E-state index contributed by atoms with van der Waals surface area (Å²) in [7, 11) is 1.64. The van der Waals surface area contributed by atoms with Gasteiger partial charge in [-0.25, -0.2) is 0 Å². The summed E-state index contributed by atoms with van der Waals surface area (Å²) in [4.78, 5) is 39.7. The summed E-state index contributed by atoms with van der Waals surface area (Å²) < 4.78 is 3.97. The van der Waals surface area contributed by atoms with Gasteiger partial charge in [0.2, 0.25) is 0 Å². The van der Waals surface area contributed by atoms with Gasteiger partial charge in [0.05, 0.1) is 0 Å². The third-order valence-electron chi connectivity index (χ3n) is 2.47. The molecule has 8 heteroatoms. The van der Waals surface area contributed by atoms with Crippen LogP contribution >= 0.6 is 0 Å². The number of likely N-dealkylation sites (N-methyl/N-ethyl adjacent to an activating group) is 1. The Labute approximate surface area is 117 Å². The molecule has 1 aliphatic rings. The van der Waals surface area contributed by atoms with Crippen LogP contribution in [0.2, 0.25) is 0 Å². The summed E-state index contributed by atoms with van der Waals surface area (Å²) in [5, 5.41) is 17.9. The maximum absolute atomic E-state index is 10.6. The highest BCUT2D eigenvalue weighted by Crippen LogP contribution is 2.19. The molecule has 0 aliphatic carbocycles. The zero-order chi connectivity index (χ0) is 16.3. The number of carbonyl (C=O) groups is 4. The van der Waals surface area contributed by atoms with E-state index in [9.17, 15) is 19.5 Å². The molecule has 0 aromatic rings. The summed E-state index contributed by atoms with van der Waals surface area (Å²) in [6.07, 6.45) is 1.54. The molecule has 1 fully saturated rings. The second-order valence-electron chi connectivity index (χ2n) is 4.02. The summed E-state index contributed by atoms with van der Waals surface area (Å²) in [6, 6.07) is -0.501. The van der Waals surface area contributed by atoms with Gasteiger partial charge in [-0.1, -0.05) is 0 Å². The van der Waals surface area contributed by atoms with Gasteiger partial charge in [0, 0.05) is 13.8 Å². The number of carboxylic acids is 1. The zero-order valence-corrected chi connectivity index (χ0v) is 11.9. The Morgan fingerprint density at radius 1 is 1.15 bits per heavy atom. The number of aliphatic hydroxyl groups excluding tert-OH is 1. The average Bonchev–Trinajstić information content (AvgIpc) is 2.34. The first-order chi connectivity index (χ1) is 9.25. The van der Waals surface area contributed by atoms with Crippen molar-refractivity contribution in [3.63, 3.8) is 0 Å². The summed E-state index contributed by atoms with van der Waals surface area (Å²) in [6.45, 7) is 4.36. The molecule has 1 aliphatic heterocycles. The normalized spacial score (nSPS) is 21.4. The molecule has 2 atom stereocenters. The Balaban J connectivity index is 0. The second kappa shape index (κ2) is 11.1. The molecule has 1 heterocycles. The van der Waals surface area contributed by atoms with E-state index >= 15 is 0 Å². The van der Waals surface area contributed by atoms with Gasteiger partial charge in [-0.3, -0.25) is 19.3 Å². The van der Waals surface area contributed by atoms with Crippen LogP contribution in [0.5, 0.6) is 0 Å². The predicted octanol–water partition coefficient (Wildman–Crippen LogP) is -0.215. The molecular formula is C12H21NO7. The lowest BCUT2D eigenvalue weighted by Gasteiger charge is -2.33. The quantitative estimate of drug-likeness (QED) is 0.502. The van der Waals surface area contributed by atoms with Gasteiger partial charge in [-0.15, -0.1) is 0 Å². The van der Waals surface area contributed by atoms with Crippen LogP contribution in [0.4, 0.5) is 0 Å². The molecule has 2 unspecified atom stereocenters. The van der Waals surface area contributed by atoms with E-state index in [-0.39, 0.29) is 0 Å². The van der Waals surface area contributed by atoms with Gasteiger partial charge in [0.1, 0.15) is 19.1 Å². The molecule has 8 nitrogen and oxygen atoms in total. The molecule has 0 saturated carbocycles. The first kappa shape index (κ1) is 20.5. The predicted molar refractivity (Wildman–Crippen MR) is 68.6 cm³/mol. The Hall–Kier alpha value is -1.80. The number of rotatable bonds is 1. The van der Waals surface area contributed by atoms with Crippen LogP contribution in [-0.4, -0.2) is 59.1 Å². The van der Waals surface area contributed by atoms with E-state index in [1.807, 2.05) is 6.79 Å². The number of likely N-dealkylation sites (tertiary alicyclic amines) is 1. The van der Waals surface area contributed by atoms with Crippen molar-refractivity contribution < 1.29 is 34.1 Å². The minimum atomic E-state index is -0.841. The third-order valence-corrected chi connectivity index (χ3v) is 2.47. The Morgan fingerprint density at radius 2 is 1.60 bits per heavy atom. The molecule has 0 spiro atoms. The van der Waals surface area contributed by atoms with Crippen LogP contribution in [0.3, 0.4) is 0 Å². The smallest absolute Gasteiger partial charge is 0.320 e. The fraction of sp³-hybridized carbons (Fsp3) is 0.667. The van der Waals surface area contributed by atoms with Crippen molar-refractivity contribution in [2.24, 2.45) is 0 Å². The van der Waals surface area contributed by atoms with E-state index in [0.29, 0.717) is 12.8 Å². The van der Waals surface area contributed by atoms with E-state index < -0.39 is 30.2 Å². The molecule has 2 N–H and O–H groups in total. The second-order valence-corrected chi connectivity index (χ2v) is 4.02. The third kappa shape index (κ3) is 9.17. The molecular weight excluding hydrogens is 270 g/mol. The van der Waals surface area contributed by atoms with Crippen LogP contribution < -0.4 is 0 Å².